The number of hydrogen-bond acceptors (Lipinski definition) is 4. The van der Waals surface area contributed by atoms with Gasteiger partial charge in [-0.05, 0) is 13.3 Å². The molecule has 1 saturated carbocycles. The summed E-state index contributed by atoms with van der Waals surface area (Å²) in [5.41, 5.74) is 1.85. The molecule has 1 aromatic heterocycles. The molecule has 1 fully saturated rings. The highest BCUT2D eigenvalue weighted by Crippen LogP contribution is 2.41. The van der Waals surface area contributed by atoms with Gasteiger partial charge in [0.15, 0.2) is 0 Å². The Bertz CT molecular complexity index is 323. The SMILES string of the molecule is CC(NC1CC(O)C1(C)C)c1cncs1. The van der Waals surface area contributed by atoms with Crippen LogP contribution < -0.4 is 5.32 Å². The van der Waals surface area contributed by atoms with Crippen molar-refractivity contribution in [2.24, 2.45) is 5.41 Å². The molecule has 1 aliphatic carbocycles. The van der Waals surface area contributed by atoms with Crippen LogP contribution in [-0.2, 0) is 0 Å². The molecule has 0 aromatic carbocycles. The van der Waals surface area contributed by atoms with Gasteiger partial charge in [-0.3, -0.25) is 4.98 Å². The lowest BCUT2D eigenvalue weighted by molar-refractivity contribution is -0.0753. The summed E-state index contributed by atoms with van der Waals surface area (Å²) in [6.07, 6.45) is 2.60. The van der Waals surface area contributed by atoms with Gasteiger partial charge in [-0.1, -0.05) is 13.8 Å². The molecular formula is C11H18N2OS. The number of rotatable bonds is 3. The van der Waals surface area contributed by atoms with Crippen LogP contribution in [0.5, 0.6) is 0 Å². The zero-order valence-corrected chi connectivity index (χ0v) is 10.2. The highest BCUT2D eigenvalue weighted by Gasteiger charge is 2.47. The summed E-state index contributed by atoms with van der Waals surface area (Å²) >= 11 is 1.67. The van der Waals surface area contributed by atoms with E-state index in [1.54, 1.807) is 11.3 Å². The van der Waals surface area contributed by atoms with E-state index in [0.717, 1.165) is 6.42 Å². The molecule has 84 valence electrons. The van der Waals surface area contributed by atoms with E-state index in [4.69, 9.17) is 0 Å². The van der Waals surface area contributed by atoms with Crippen LogP contribution in [0.2, 0.25) is 0 Å². The maximum atomic E-state index is 9.64. The molecule has 4 heteroatoms. The van der Waals surface area contributed by atoms with Gasteiger partial charge in [-0.25, -0.2) is 0 Å². The Morgan fingerprint density at radius 3 is 2.87 bits per heavy atom. The van der Waals surface area contributed by atoms with Crippen LogP contribution in [0.4, 0.5) is 0 Å². The zero-order valence-electron chi connectivity index (χ0n) is 9.40. The third kappa shape index (κ3) is 1.94. The second-order valence-electron chi connectivity index (χ2n) is 4.92. The Balaban J connectivity index is 1.94. The average molecular weight is 226 g/mol. The van der Waals surface area contributed by atoms with E-state index < -0.39 is 0 Å². The van der Waals surface area contributed by atoms with Gasteiger partial charge in [-0.15, -0.1) is 11.3 Å². The quantitative estimate of drug-likeness (QED) is 0.828. The fourth-order valence-electron chi connectivity index (χ4n) is 2.01. The van der Waals surface area contributed by atoms with E-state index in [1.165, 1.54) is 4.88 Å². The number of hydrogen-bond donors (Lipinski definition) is 2. The predicted molar refractivity (Wildman–Crippen MR) is 61.9 cm³/mol. The Labute approximate surface area is 94.5 Å². The third-order valence-electron chi connectivity index (χ3n) is 3.55. The van der Waals surface area contributed by atoms with Crippen molar-refractivity contribution >= 4 is 11.3 Å². The molecule has 3 nitrogen and oxygen atoms in total. The van der Waals surface area contributed by atoms with Crippen LogP contribution in [0.3, 0.4) is 0 Å². The Hall–Kier alpha value is -0.450. The van der Waals surface area contributed by atoms with Crippen LogP contribution in [-0.4, -0.2) is 22.2 Å². The highest BCUT2D eigenvalue weighted by atomic mass is 32.1. The molecule has 0 spiro atoms. The number of aliphatic hydroxyl groups excluding tert-OH is 1. The maximum absolute atomic E-state index is 9.64. The summed E-state index contributed by atoms with van der Waals surface area (Å²) < 4.78 is 0. The molecule has 0 bridgehead atoms. The second-order valence-corrected chi connectivity index (χ2v) is 5.84. The van der Waals surface area contributed by atoms with Crippen LogP contribution in [0.25, 0.3) is 0 Å². The van der Waals surface area contributed by atoms with Gasteiger partial charge in [0.05, 0.1) is 11.6 Å². The van der Waals surface area contributed by atoms with Crippen molar-refractivity contribution in [3.05, 3.63) is 16.6 Å². The van der Waals surface area contributed by atoms with Crippen molar-refractivity contribution in [2.45, 2.75) is 45.4 Å². The topological polar surface area (TPSA) is 45.1 Å². The number of aromatic nitrogens is 1. The van der Waals surface area contributed by atoms with Crippen molar-refractivity contribution in [3.63, 3.8) is 0 Å². The number of nitrogens with one attached hydrogen (secondary N) is 1. The molecule has 1 heterocycles. The van der Waals surface area contributed by atoms with Crippen molar-refractivity contribution in [3.8, 4) is 0 Å². The van der Waals surface area contributed by atoms with Gasteiger partial charge >= 0.3 is 0 Å². The monoisotopic (exact) mass is 226 g/mol. The van der Waals surface area contributed by atoms with Crippen LogP contribution >= 0.6 is 11.3 Å². The second kappa shape index (κ2) is 3.85. The minimum Gasteiger partial charge on any atom is -0.392 e. The third-order valence-corrected chi connectivity index (χ3v) is 4.50. The van der Waals surface area contributed by atoms with Crippen LogP contribution in [0, 0.1) is 5.41 Å². The lowest BCUT2D eigenvalue weighted by Crippen LogP contribution is -2.60. The van der Waals surface area contributed by atoms with E-state index in [1.807, 2.05) is 11.7 Å². The van der Waals surface area contributed by atoms with E-state index in [2.05, 4.69) is 31.1 Å². The maximum Gasteiger partial charge on any atom is 0.0794 e. The van der Waals surface area contributed by atoms with E-state index in [9.17, 15) is 5.11 Å². The molecule has 0 radical (unpaired) electrons. The molecule has 0 aliphatic heterocycles. The van der Waals surface area contributed by atoms with E-state index in [-0.39, 0.29) is 11.5 Å². The van der Waals surface area contributed by atoms with Crippen molar-refractivity contribution < 1.29 is 5.11 Å². The summed E-state index contributed by atoms with van der Waals surface area (Å²) in [5, 5.41) is 13.2. The molecule has 3 atom stereocenters. The molecule has 0 saturated heterocycles. The lowest BCUT2D eigenvalue weighted by atomic mass is 9.64. The molecule has 1 aliphatic rings. The minimum absolute atomic E-state index is 0.00104. The first-order valence-corrected chi connectivity index (χ1v) is 6.22. The summed E-state index contributed by atoms with van der Waals surface area (Å²) in [4.78, 5) is 5.33. The molecule has 15 heavy (non-hydrogen) atoms. The Morgan fingerprint density at radius 2 is 2.40 bits per heavy atom. The fourth-order valence-corrected chi connectivity index (χ4v) is 2.65. The molecule has 2 rings (SSSR count). The van der Waals surface area contributed by atoms with Gasteiger partial charge < -0.3 is 10.4 Å². The summed E-state index contributed by atoms with van der Waals surface area (Å²) in [6.45, 7) is 6.37. The molecule has 2 N–H and O–H groups in total. The smallest absolute Gasteiger partial charge is 0.0794 e. The molecule has 0 amide bonds. The van der Waals surface area contributed by atoms with Crippen molar-refractivity contribution in [1.82, 2.24) is 10.3 Å². The summed E-state index contributed by atoms with van der Waals surface area (Å²) in [5.74, 6) is 0. The first-order valence-electron chi connectivity index (χ1n) is 5.34. The van der Waals surface area contributed by atoms with Crippen LogP contribution in [0.15, 0.2) is 11.7 Å². The first kappa shape index (κ1) is 11.0. The lowest BCUT2D eigenvalue weighted by Gasteiger charge is -2.50. The highest BCUT2D eigenvalue weighted by molar-refractivity contribution is 7.09. The largest absolute Gasteiger partial charge is 0.392 e. The van der Waals surface area contributed by atoms with Gasteiger partial charge in [-0.2, -0.15) is 0 Å². The van der Waals surface area contributed by atoms with Gasteiger partial charge in [0, 0.05) is 28.6 Å². The molecular weight excluding hydrogens is 208 g/mol. The summed E-state index contributed by atoms with van der Waals surface area (Å²) in [7, 11) is 0. The summed E-state index contributed by atoms with van der Waals surface area (Å²) in [6, 6.07) is 0.735. The zero-order chi connectivity index (χ0) is 11.1. The van der Waals surface area contributed by atoms with E-state index >= 15 is 0 Å². The van der Waals surface area contributed by atoms with Gasteiger partial charge in [0.1, 0.15) is 0 Å². The molecule has 3 unspecified atom stereocenters. The average Bonchev–Trinajstić information content (AvgIpc) is 2.70. The first-order chi connectivity index (χ1) is 7.01. The normalized spacial score (nSPS) is 30.9. The van der Waals surface area contributed by atoms with Gasteiger partial charge in [0.2, 0.25) is 0 Å². The number of nitrogens with zero attached hydrogens (tertiary/aromatic N) is 1. The standard InChI is InChI=1S/C11H18N2OS/c1-7(8-5-12-6-15-8)13-9-4-10(14)11(9,2)3/h5-7,9-10,13-14H,4H2,1-3H3. The van der Waals surface area contributed by atoms with Gasteiger partial charge in [0.25, 0.3) is 0 Å². The predicted octanol–water partition coefficient (Wildman–Crippen LogP) is 1.95. The fraction of sp³-hybridized carbons (Fsp3) is 0.727. The van der Waals surface area contributed by atoms with Crippen LogP contribution in [0.1, 0.15) is 38.1 Å². The van der Waals surface area contributed by atoms with Crippen molar-refractivity contribution in [1.29, 1.82) is 0 Å². The Morgan fingerprint density at radius 1 is 1.67 bits per heavy atom. The number of aliphatic hydroxyl groups is 1. The Kier molecular flexibility index (Phi) is 2.83. The number of thiazole rings is 1. The van der Waals surface area contributed by atoms with E-state index in [0.29, 0.717) is 12.1 Å². The molecule has 1 aromatic rings. The van der Waals surface area contributed by atoms with Crippen molar-refractivity contribution in [2.75, 3.05) is 0 Å². The minimum atomic E-state index is -0.163.